The van der Waals surface area contributed by atoms with Gasteiger partial charge in [-0.2, -0.15) is 0 Å². The number of piperidine rings is 1. The van der Waals surface area contributed by atoms with Crippen LogP contribution in [0.5, 0.6) is 0 Å². The third kappa shape index (κ3) is 6.47. The number of ether oxygens (including phenoxy) is 2. The predicted octanol–water partition coefficient (Wildman–Crippen LogP) is 6.97. The van der Waals surface area contributed by atoms with E-state index in [2.05, 4.69) is 99.5 Å². The molecule has 2 amide bonds. The SMILES string of the molecule is CC(C)c1cccc(C(C)C)c1NC(=O)NCC1(c2ccc(N3CCCCC3)cc2)OCC(C)(C)CO1. The van der Waals surface area contributed by atoms with Crippen LogP contribution in [0.15, 0.2) is 42.5 Å². The fourth-order valence-electron chi connectivity index (χ4n) is 5.21. The normalized spacial score (nSPS) is 19.2. The molecule has 0 atom stereocenters. The van der Waals surface area contributed by atoms with Gasteiger partial charge in [-0.05, 0) is 54.4 Å². The van der Waals surface area contributed by atoms with E-state index in [0.717, 1.165) is 35.5 Å². The molecular formula is C31H45N3O3. The Morgan fingerprint density at radius 3 is 2.00 bits per heavy atom. The standard InChI is InChI=1S/C31H45N3O3/c1-22(2)26-11-10-12-27(23(3)4)28(26)33-29(35)32-19-31(36-20-30(5,6)21-37-31)24-13-15-25(16-14-24)34-17-8-7-9-18-34/h10-16,22-23H,7-9,17-21H2,1-6H3,(H2,32,33,35). The van der Waals surface area contributed by atoms with Crippen LogP contribution in [0.1, 0.15) is 89.3 Å². The number of amides is 2. The summed E-state index contributed by atoms with van der Waals surface area (Å²) in [5.41, 5.74) is 5.24. The monoisotopic (exact) mass is 507 g/mol. The molecule has 2 fully saturated rings. The fraction of sp³-hybridized carbons (Fsp3) is 0.581. The van der Waals surface area contributed by atoms with Gasteiger partial charge in [-0.25, -0.2) is 4.79 Å². The van der Waals surface area contributed by atoms with Gasteiger partial charge < -0.3 is 25.0 Å². The number of hydrogen-bond donors (Lipinski definition) is 2. The average molecular weight is 508 g/mol. The van der Waals surface area contributed by atoms with Crippen LogP contribution in [0.4, 0.5) is 16.2 Å². The number of urea groups is 1. The van der Waals surface area contributed by atoms with Crippen molar-refractivity contribution in [1.82, 2.24) is 5.32 Å². The number of hydrogen-bond acceptors (Lipinski definition) is 4. The first-order valence-electron chi connectivity index (χ1n) is 13.9. The van der Waals surface area contributed by atoms with Gasteiger partial charge in [0.15, 0.2) is 0 Å². The molecule has 0 bridgehead atoms. The first kappa shape index (κ1) is 27.5. The molecule has 4 rings (SSSR count). The Morgan fingerprint density at radius 1 is 0.892 bits per heavy atom. The van der Waals surface area contributed by atoms with E-state index < -0.39 is 5.79 Å². The van der Waals surface area contributed by atoms with Crippen molar-refractivity contribution in [1.29, 1.82) is 0 Å². The molecular weight excluding hydrogens is 462 g/mol. The van der Waals surface area contributed by atoms with Crippen LogP contribution in [0.25, 0.3) is 0 Å². The second kappa shape index (κ2) is 11.4. The molecule has 0 radical (unpaired) electrons. The van der Waals surface area contributed by atoms with Crippen LogP contribution in [0.3, 0.4) is 0 Å². The number of carbonyl (C=O) groups excluding carboxylic acids is 1. The van der Waals surface area contributed by atoms with E-state index in [4.69, 9.17) is 9.47 Å². The Morgan fingerprint density at radius 2 is 1.46 bits per heavy atom. The van der Waals surface area contributed by atoms with Gasteiger partial charge in [0.25, 0.3) is 0 Å². The Kier molecular flexibility index (Phi) is 8.49. The number of rotatable bonds is 7. The quantitative estimate of drug-likeness (QED) is 0.425. The Hall–Kier alpha value is -2.57. The lowest BCUT2D eigenvalue weighted by atomic mass is 9.92. The average Bonchev–Trinajstić information content (AvgIpc) is 2.89. The highest BCUT2D eigenvalue weighted by molar-refractivity contribution is 5.91. The Balaban J connectivity index is 1.52. The third-order valence-electron chi connectivity index (χ3n) is 7.51. The molecule has 0 aliphatic carbocycles. The van der Waals surface area contributed by atoms with Crippen molar-refractivity contribution < 1.29 is 14.3 Å². The third-order valence-corrected chi connectivity index (χ3v) is 7.51. The van der Waals surface area contributed by atoms with Gasteiger partial charge in [0.1, 0.15) is 0 Å². The number of nitrogens with zero attached hydrogens (tertiary/aromatic N) is 1. The summed E-state index contributed by atoms with van der Waals surface area (Å²) in [6.07, 6.45) is 3.79. The maximum Gasteiger partial charge on any atom is 0.319 e. The summed E-state index contributed by atoms with van der Waals surface area (Å²) in [7, 11) is 0. The van der Waals surface area contributed by atoms with Crippen LogP contribution in [0.2, 0.25) is 0 Å². The minimum Gasteiger partial charge on any atom is -0.372 e. The van der Waals surface area contributed by atoms with Gasteiger partial charge in [0.05, 0.1) is 19.8 Å². The highest BCUT2D eigenvalue weighted by Gasteiger charge is 2.42. The molecule has 202 valence electrons. The van der Waals surface area contributed by atoms with Crippen molar-refractivity contribution >= 4 is 17.4 Å². The summed E-state index contributed by atoms with van der Waals surface area (Å²) in [6, 6.07) is 14.5. The first-order chi connectivity index (χ1) is 17.6. The van der Waals surface area contributed by atoms with Crippen molar-refractivity contribution in [2.45, 2.75) is 78.4 Å². The van der Waals surface area contributed by atoms with E-state index in [0.29, 0.717) is 25.0 Å². The maximum atomic E-state index is 13.2. The van der Waals surface area contributed by atoms with Crippen molar-refractivity contribution in [3.05, 3.63) is 59.2 Å². The van der Waals surface area contributed by atoms with E-state index in [1.54, 1.807) is 0 Å². The largest absolute Gasteiger partial charge is 0.372 e. The van der Waals surface area contributed by atoms with Gasteiger partial charge in [0, 0.05) is 35.4 Å². The second-order valence-electron chi connectivity index (χ2n) is 12.0. The lowest BCUT2D eigenvalue weighted by Crippen LogP contribution is -2.52. The zero-order chi connectivity index (χ0) is 26.6. The van der Waals surface area contributed by atoms with Gasteiger partial charge >= 0.3 is 6.03 Å². The van der Waals surface area contributed by atoms with Gasteiger partial charge in [0.2, 0.25) is 5.79 Å². The number of anilines is 2. The van der Waals surface area contributed by atoms with Crippen molar-refractivity contribution in [3.63, 3.8) is 0 Å². The van der Waals surface area contributed by atoms with Crippen molar-refractivity contribution in [3.8, 4) is 0 Å². The van der Waals surface area contributed by atoms with Crippen LogP contribution >= 0.6 is 0 Å². The molecule has 2 aliphatic rings. The van der Waals surface area contributed by atoms with Gasteiger partial charge in [-0.1, -0.05) is 71.9 Å². The zero-order valence-electron chi connectivity index (χ0n) is 23.5. The second-order valence-corrected chi connectivity index (χ2v) is 12.0. The molecule has 0 unspecified atom stereocenters. The van der Waals surface area contributed by atoms with E-state index >= 15 is 0 Å². The fourth-order valence-corrected chi connectivity index (χ4v) is 5.21. The summed E-state index contributed by atoms with van der Waals surface area (Å²) in [5.74, 6) is -0.428. The van der Waals surface area contributed by atoms with Crippen LogP contribution in [-0.4, -0.2) is 38.9 Å². The predicted molar refractivity (Wildman–Crippen MR) is 152 cm³/mol. The Labute approximate surface area is 223 Å². The summed E-state index contributed by atoms with van der Waals surface area (Å²) in [4.78, 5) is 15.7. The Bertz CT molecular complexity index is 1020. The minimum absolute atomic E-state index is 0.0815. The molecule has 6 nitrogen and oxygen atoms in total. The molecule has 2 aliphatic heterocycles. The lowest BCUT2D eigenvalue weighted by molar-refractivity contribution is -0.303. The molecule has 2 aromatic rings. The highest BCUT2D eigenvalue weighted by Crippen LogP contribution is 2.37. The zero-order valence-corrected chi connectivity index (χ0v) is 23.5. The molecule has 2 saturated heterocycles. The molecule has 0 saturated carbocycles. The summed E-state index contributed by atoms with van der Waals surface area (Å²) >= 11 is 0. The number of carbonyl (C=O) groups is 1. The number of nitrogens with one attached hydrogen (secondary N) is 2. The van der Waals surface area contributed by atoms with Crippen LogP contribution in [-0.2, 0) is 15.3 Å². The van der Waals surface area contributed by atoms with Crippen LogP contribution < -0.4 is 15.5 Å². The summed E-state index contributed by atoms with van der Waals surface area (Å²) in [6.45, 7) is 16.4. The van der Waals surface area contributed by atoms with Crippen LogP contribution in [0, 0.1) is 5.41 Å². The molecule has 37 heavy (non-hydrogen) atoms. The smallest absolute Gasteiger partial charge is 0.319 e. The molecule has 2 heterocycles. The van der Waals surface area contributed by atoms with Gasteiger partial charge in [-0.15, -0.1) is 0 Å². The summed E-state index contributed by atoms with van der Waals surface area (Å²) < 4.78 is 12.8. The van der Waals surface area contributed by atoms with E-state index in [1.165, 1.54) is 24.9 Å². The molecule has 2 aromatic carbocycles. The molecule has 2 N–H and O–H groups in total. The first-order valence-corrected chi connectivity index (χ1v) is 13.9. The highest BCUT2D eigenvalue weighted by atomic mass is 16.7. The molecule has 6 heteroatoms. The van der Waals surface area contributed by atoms with E-state index in [9.17, 15) is 4.79 Å². The minimum atomic E-state index is -1.02. The number of benzene rings is 2. The molecule has 0 aromatic heterocycles. The van der Waals surface area contributed by atoms with E-state index in [-0.39, 0.29) is 18.0 Å². The summed E-state index contributed by atoms with van der Waals surface area (Å²) in [5, 5.41) is 6.22. The van der Waals surface area contributed by atoms with Crippen molar-refractivity contribution in [2.75, 3.05) is 43.1 Å². The molecule has 0 spiro atoms. The topological polar surface area (TPSA) is 62.8 Å². The van der Waals surface area contributed by atoms with Gasteiger partial charge in [-0.3, -0.25) is 0 Å². The van der Waals surface area contributed by atoms with E-state index in [1.807, 2.05) is 0 Å². The lowest BCUT2D eigenvalue weighted by Gasteiger charge is -2.43. The van der Waals surface area contributed by atoms with Crippen molar-refractivity contribution in [2.24, 2.45) is 5.41 Å². The number of para-hydroxylation sites is 1. The maximum absolute atomic E-state index is 13.2.